The Hall–Kier alpha value is -0.120. The molecule has 1 aliphatic heterocycles. The number of hydrogen-bond acceptors (Lipinski definition) is 3. The number of hydrogen-bond donors (Lipinski definition) is 1. The van der Waals surface area contributed by atoms with Crippen LogP contribution in [0.5, 0.6) is 0 Å². The van der Waals surface area contributed by atoms with Crippen LogP contribution in [0.25, 0.3) is 0 Å². The molecular weight excluding hydrogens is 176 g/mol. The molecule has 14 heavy (non-hydrogen) atoms. The van der Waals surface area contributed by atoms with Crippen molar-refractivity contribution >= 4 is 0 Å². The van der Waals surface area contributed by atoms with Crippen LogP contribution in [0.15, 0.2) is 0 Å². The van der Waals surface area contributed by atoms with Crippen molar-refractivity contribution in [1.29, 1.82) is 0 Å². The number of nitrogens with zero attached hydrogens (tertiary/aromatic N) is 1. The van der Waals surface area contributed by atoms with E-state index in [2.05, 4.69) is 10.2 Å². The summed E-state index contributed by atoms with van der Waals surface area (Å²) in [5.41, 5.74) is 0. The Kier molecular flexibility index (Phi) is 3.79. The van der Waals surface area contributed by atoms with Crippen LogP contribution < -0.4 is 5.32 Å². The normalized spacial score (nSPS) is 29.4. The highest BCUT2D eigenvalue weighted by atomic mass is 16.5. The van der Waals surface area contributed by atoms with Crippen molar-refractivity contribution in [2.75, 3.05) is 39.9 Å². The number of nitrogens with one attached hydrogen (secondary N) is 1. The molecule has 3 heteroatoms. The highest BCUT2D eigenvalue weighted by Gasteiger charge is 2.35. The molecule has 1 atom stereocenters. The number of piperazine rings is 1. The maximum atomic E-state index is 5.10. The molecule has 1 saturated heterocycles. The zero-order valence-electron chi connectivity index (χ0n) is 9.17. The first-order valence-corrected chi connectivity index (χ1v) is 5.85. The van der Waals surface area contributed by atoms with Crippen molar-refractivity contribution in [3.05, 3.63) is 0 Å². The van der Waals surface area contributed by atoms with E-state index in [1.54, 1.807) is 7.11 Å². The molecule has 0 aromatic heterocycles. The van der Waals surface area contributed by atoms with Gasteiger partial charge in [-0.05, 0) is 25.2 Å². The van der Waals surface area contributed by atoms with Crippen LogP contribution in [0.3, 0.4) is 0 Å². The van der Waals surface area contributed by atoms with Gasteiger partial charge in [-0.3, -0.25) is 4.90 Å². The molecule has 2 rings (SSSR count). The summed E-state index contributed by atoms with van der Waals surface area (Å²) >= 11 is 0. The molecule has 1 unspecified atom stereocenters. The van der Waals surface area contributed by atoms with Crippen LogP contribution in [-0.2, 0) is 4.74 Å². The highest BCUT2D eigenvalue weighted by Crippen LogP contribution is 2.35. The van der Waals surface area contributed by atoms with E-state index in [1.807, 2.05) is 0 Å². The summed E-state index contributed by atoms with van der Waals surface area (Å²) in [7, 11) is 1.79. The maximum Gasteiger partial charge on any atom is 0.0474 e. The van der Waals surface area contributed by atoms with E-state index >= 15 is 0 Å². The van der Waals surface area contributed by atoms with E-state index < -0.39 is 0 Å². The van der Waals surface area contributed by atoms with E-state index in [4.69, 9.17) is 4.74 Å². The lowest BCUT2D eigenvalue weighted by Crippen LogP contribution is -2.52. The summed E-state index contributed by atoms with van der Waals surface area (Å²) in [6, 6.07) is 0.820. The van der Waals surface area contributed by atoms with Crippen LogP contribution >= 0.6 is 0 Å². The maximum absolute atomic E-state index is 5.10. The third-order valence-electron chi connectivity index (χ3n) is 3.36. The quantitative estimate of drug-likeness (QED) is 0.658. The van der Waals surface area contributed by atoms with E-state index in [9.17, 15) is 0 Å². The van der Waals surface area contributed by atoms with Crippen molar-refractivity contribution in [3.8, 4) is 0 Å². The zero-order chi connectivity index (χ0) is 9.80. The Morgan fingerprint density at radius 3 is 3.00 bits per heavy atom. The summed E-state index contributed by atoms with van der Waals surface area (Å²) < 4.78 is 5.10. The Morgan fingerprint density at radius 2 is 2.29 bits per heavy atom. The van der Waals surface area contributed by atoms with Gasteiger partial charge < -0.3 is 10.1 Å². The fourth-order valence-electron chi connectivity index (χ4n) is 2.40. The molecule has 0 radical (unpaired) electrons. The predicted octanol–water partition coefficient (Wildman–Crippen LogP) is 0.707. The minimum absolute atomic E-state index is 0.820. The highest BCUT2D eigenvalue weighted by molar-refractivity contribution is 4.92. The summed E-state index contributed by atoms with van der Waals surface area (Å²) in [6.07, 6.45) is 4.08. The van der Waals surface area contributed by atoms with Crippen molar-refractivity contribution < 1.29 is 4.74 Å². The predicted molar refractivity (Wildman–Crippen MR) is 57.4 cm³/mol. The Morgan fingerprint density at radius 1 is 1.43 bits per heavy atom. The van der Waals surface area contributed by atoms with E-state index in [-0.39, 0.29) is 0 Å². The molecular formula is C11H22N2O. The number of ether oxygens (including phenoxy) is 1. The molecule has 82 valence electrons. The summed E-state index contributed by atoms with van der Waals surface area (Å²) in [6.45, 7) is 5.72. The monoisotopic (exact) mass is 198 g/mol. The van der Waals surface area contributed by atoms with Crippen LogP contribution in [0.2, 0.25) is 0 Å². The van der Waals surface area contributed by atoms with Gasteiger partial charge in [0.05, 0.1) is 0 Å². The summed E-state index contributed by atoms with van der Waals surface area (Å²) in [5.74, 6) is 0.991. The van der Waals surface area contributed by atoms with Gasteiger partial charge >= 0.3 is 0 Å². The standard InChI is InChI=1S/C11H22N2O/c1-14-8-2-6-13-7-5-12-9-11(13)10-3-4-10/h10-12H,2-9H2,1H3. The van der Waals surface area contributed by atoms with Crippen LogP contribution in [-0.4, -0.2) is 50.8 Å². The average Bonchev–Trinajstić information content (AvgIpc) is 3.03. The average molecular weight is 198 g/mol. The first kappa shape index (κ1) is 10.4. The van der Waals surface area contributed by atoms with Gasteiger partial charge in [0.25, 0.3) is 0 Å². The molecule has 1 heterocycles. The second-order valence-electron chi connectivity index (χ2n) is 4.49. The summed E-state index contributed by atoms with van der Waals surface area (Å²) in [4.78, 5) is 2.66. The van der Waals surface area contributed by atoms with Gasteiger partial charge in [0.2, 0.25) is 0 Å². The molecule has 1 aliphatic carbocycles. The second-order valence-corrected chi connectivity index (χ2v) is 4.49. The summed E-state index contributed by atoms with van der Waals surface area (Å²) in [5, 5.41) is 3.50. The smallest absolute Gasteiger partial charge is 0.0474 e. The minimum atomic E-state index is 0.820. The van der Waals surface area contributed by atoms with Gasteiger partial charge in [-0.2, -0.15) is 0 Å². The van der Waals surface area contributed by atoms with Gasteiger partial charge in [0.1, 0.15) is 0 Å². The van der Waals surface area contributed by atoms with Crippen molar-refractivity contribution in [1.82, 2.24) is 10.2 Å². The number of methoxy groups -OCH3 is 1. The Bertz CT molecular complexity index is 171. The van der Waals surface area contributed by atoms with Gasteiger partial charge in [0.15, 0.2) is 0 Å². The minimum Gasteiger partial charge on any atom is -0.385 e. The van der Waals surface area contributed by atoms with E-state index in [1.165, 1.54) is 38.9 Å². The Labute approximate surface area is 86.8 Å². The third-order valence-corrected chi connectivity index (χ3v) is 3.36. The molecule has 1 N–H and O–H groups in total. The lowest BCUT2D eigenvalue weighted by molar-refractivity contribution is 0.119. The molecule has 0 aromatic rings. The molecule has 1 saturated carbocycles. The fraction of sp³-hybridized carbons (Fsp3) is 1.00. The first-order chi connectivity index (χ1) is 6.92. The fourth-order valence-corrected chi connectivity index (χ4v) is 2.40. The Balaban J connectivity index is 1.74. The van der Waals surface area contributed by atoms with E-state index in [0.29, 0.717) is 0 Å². The third kappa shape index (κ3) is 2.69. The number of rotatable bonds is 5. The van der Waals surface area contributed by atoms with Crippen molar-refractivity contribution in [2.45, 2.75) is 25.3 Å². The molecule has 0 spiro atoms. The van der Waals surface area contributed by atoms with E-state index in [0.717, 1.165) is 25.1 Å². The largest absolute Gasteiger partial charge is 0.385 e. The lowest BCUT2D eigenvalue weighted by Gasteiger charge is -2.36. The van der Waals surface area contributed by atoms with Crippen LogP contribution in [0, 0.1) is 5.92 Å². The van der Waals surface area contributed by atoms with Gasteiger partial charge in [0, 0.05) is 45.9 Å². The molecule has 0 aromatic carbocycles. The van der Waals surface area contributed by atoms with Crippen molar-refractivity contribution in [2.24, 2.45) is 5.92 Å². The topological polar surface area (TPSA) is 24.5 Å². The van der Waals surface area contributed by atoms with Crippen LogP contribution in [0.4, 0.5) is 0 Å². The molecule has 0 amide bonds. The first-order valence-electron chi connectivity index (χ1n) is 5.85. The molecule has 2 aliphatic rings. The van der Waals surface area contributed by atoms with Crippen LogP contribution in [0.1, 0.15) is 19.3 Å². The van der Waals surface area contributed by atoms with Gasteiger partial charge in [-0.25, -0.2) is 0 Å². The molecule has 2 fully saturated rings. The van der Waals surface area contributed by atoms with Gasteiger partial charge in [-0.15, -0.1) is 0 Å². The second kappa shape index (κ2) is 5.10. The van der Waals surface area contributed by atoms with Gasteiger partial charge in [-0.1, -0.05) is 0 Å². The lowest BCUT2D eigenvalue weighted by atomic mass is 10.1. The van der Waals surface area contributed by atoms with Crippen molar-refractivity contribution in [3.63, 3.8) is 0 Å². The molecule has 0 bridgehead atoms. The zero-order valence-corrected chi connectivity index (χ0v) is 9.17. The SMILES string of the molecule is COCCCN1CCNCC1C1CC1. The molecule has 3 nitrogen and oxygen atoms in total.